The van der Waals surface area contributed by atoms with Gasteiger partial charge in [0.15, 0.2) is 0 Å². The summed E-state index contributed by atoms with van der Waals surface area (Å²) >= 11 is 0. The second kappa shape index (κ2) is 14.9. The van der Waals surface area contributed by atoms with Gasteiger partial charge in [0.1, 0.15) is 0 Å². The van der Waals surface area contributed by atoms with Crippen LogP contribution in [0.1, 0.15) is 23.2 Å². The first-order valence-electron chi connectivity index (χ1n) is 9.96. The number of piperidine rings is 1. The van der Waals surface area contributed by atoms with E-state index >= 15 is 0 Å². The third kappa shape index (κ3) is 9.74. The summed E-state index contributed by atoms with van der Waals surface area (Å²) in [6, 6.07) is 7.00. The van der Waals surface area contributed by atoms with Crippen molar-refractivity contribution in [3.8, 4) is 11.3 Å². The fraction of sp³-hybridized carbons (Fsp3) is 0.333. The molecular formula is C21H27N5O7. The number of nitrogens with two attached hydrogens (primary N) is 1. The van der Waals surface area contributed by atoms with Gasteiger partial charge in [-0.15, -0.1) is 0 Å². The number of amides is 2. The van der Waals surface area contributed by atoms with Crippen molar-refractivity contribution in [3.63, 3.8) is 0 Å². The van der Waals surface area contributed by atoms with Crippen LogP contribution in [0.3, 0.4) is 0 Å². The lowest BCUT2D eigenvalue weighted by Gasteiger charge is -2.31. The van der Waals surface area contributed by atoms with Crippen molar-refractivity contribution in [1.29, 1.82) is 0 Å². The van der Waals surface area contributed by atoms with Crippen LogP contribution in [0.15, 0.2) is 41.5 Å². The first-order valence-corrected chi connectivity index (χ1v) is 9.96. The second-order valence-corrected chi connectivity index (χ2v) is 6.90. The normalized spacial score (nSPS) is 15.0. The van der Waals surface area contributed by atoms with Crippen LogP contribution in [-0.2, 0) is 14.4 Å². The molecule has 0 saturated carbocycles. The summed E-state index contributed by atoms with van der Waals surface area (Å²) in [5, 5.41) is 16.7. The zero-order chi connectivity index (χ0) is 24.6. The molecular weight excluding hydrogens is 434 g/mol. The molecule has 0 spiro atoms. The Bertz CT molecular complexity index is 973. The van der Waals surface area contributed by atoms with Crippen molar-refractivity contribution < 1.29 is 29.4 Å². The molecule has 1 aromatic carbocycles. The smallest absolute Gasteiger partial charge is 0.290 e. The molecule has 1 aliphatic heterocycles. The van der Waals surface area contributed by atoms with E-state index in [0.29, 0.717) is 36.5 Å². The van der Waals surface area contributed by atoms with Crippen molar-refractivity contribution in [1.82, 2.24) is 20.2 Å². The summed E-state index contributed by atoms with van der Waals surface area (Å²) in [6.07, 6.45) is 4.52. The molecule has 2 amide bonds. The van der Waals surface area contributed by atoms with Gasteiger partial charge in [-0.05, 0) is 31.5 Å². The van der Waals surface area contributed by atoms with Gasteiger partial charge in [-0.1, -0.05) is 12.1 Å². The second-order valence-electron chi connectivity index (χ2n) is 6.90. The number of rotatable bonds is 6. The van der Waals surface area contributed by atoms with E-state index in [2.05, 4.69) is 20.2 Å². The van der Waals surface area contributed by atoms with E-state index in [9.17, 15) is 14.4 Å². The highest BCUT2D eigenvalue weighted by Gasteiger charge is 2.23. The molecule has 0 radical (unpaired) electrons. The molecule has 2 heterocycles. The van der Waals surface area contributed by atoms with Crippen LogP contribution in [0.5, 0.6) is 0 Å². The van der Waals surface area contributed by atoms with Gasteiger partial charge < -0.3 is 31.1 Å². The topological polar surface area (TPSA) is 196 Å². The molecule has 0 bridgehead atoms. The van der Waals surface area contributed by atoms with Gasteiger partial charge in [0, 0.05) is 30.8 Å². The van der Waals surface area contributed by atoms with E-state index in [1.807, 2.05) is 0 Å². The van der Waals surface area contributed by atoms with Gasteiger partial charge in [-0.2, -0.15) is 0 Å². The molecule has 12 nitrogen and oxygen atoms in total. The van der Waals surface area contributed by atoms with E-state index < -0.39 is 0 Å². The quantitative estimate of drug-likeness (QED) is 0.361. The minimum absolute atomic E-state index is 0.104. The Morgan fingerprint density at radius 1 is 1.24 bits per heavy atom. The molecule has 1 fully saturated rings. The minimum Gasteiger partial charge on any atom is -0.483 e. The van der Waals surface area contributed by atoms with Crippen molar-refractivity contribution in [3.05, 3.63) is 52.6 Å². The van der Waals surface area contributed by atoms with Crippen LogP contribution in [0.2, 0.25) is 0 Å². The molecule has 3 rings (SSSR count). The number of benzene rings is 1. The first-order chi connectivity index (χ1) is 15.9. The lowest BCUT2D eigenvalue weighted by molar-refractivity contribution is -0.124. The summed E-state index contributed by atoms with van der Waals surface area (Å²) < 4.78 is 0. The van der Waals surface area contributed by atoms with E-state index in [1.165, 1.54) is 6.20 Å². The average molecular weight is 461 g/mol. The third-order valence-corrected chi connectivity index (χ3v) is 4.71. The number of hydrogen-bond acceptors (Lipinski definition) is 7. The molecule has 1 saturated heterocycles. The number of nitrogens with one attached hydrogen (secondary N) is 2. The van der Waals surface area contributed by atoms with Crippen LogP contribution in [0, 0.1) is 5.92 Å². The van der Waals surface area contributed by atoms with E-state index in [4.69, 9.17) is 25.5 Å². The summed E-state index contributed by atoms with van der Waals surface area (Å²) in [6.45, 7) is 2.21. The van der Waals surface area contributed by atoms with Gasteiger partial charge in [-0.25, -0.2) is 0 Å². The Labute approximate surface area is 189 Å². The average Bonchev–Trinajstić information content (AvgIpc) is 2.80. The molecule has 1 atom stereocenters. The summed E-state index contributed by atoms with van der Waals surface area (Å²) in [5.74, 6) is -0.548. The Hall–Kier alpha value is -4.06. The SMILES string of the molecule is NC(=O)C1CCCN(CCNC(=O)c2cccc(-c3cncc(=O)[nH]3)c2)C1.O=CO.O=CO. The van der Waals surface area contributed by atoms with Crippen molar-refractivity contribution in [2.24, 2.45) is 11.7 Å². The van der Waals surface area contributed by atoms with Gasteiger partial charge in [-0.3, -0.25) is 29.0 Å². The monoisotopic (exact) mass is 461 g/mol. The minimum atomic E-state index is -0.293. The summed E-state index contributed by atoms with van der Waals surface area (Å²) in [7, 11) is 0. The largest absolute Gasteiger partial charge is 0.483 e. The predicted molar refractivity (Wildman–Crippen MR) is 118 cm³/mol. The molecule has 33 heavy (non-hydrogen) atoms. The van der Waals surface area contributed by atoms with Crippen LogP contribution in [0.25, 0.3) is 11.3 Å². The Morgan fingerprint density at radius 2 is 1.94 bits per heavy atom. The summed E-state index contributed by atoms with van der Waals surface area (Å²) in [5.41, 5.74) is 6.88. The number of nitrogens with zero attached hydrogens (tertiary/aromatic N) is 2. The zero-order valence-electron chi connectivity index (χ0n) is 17.8. The number of carbonyl (C=O) groups excluding carboxylic acids is 2. The number of likely N-dealkylation sites (tertiary alicyclic amines) is 1. The lowest BCUT2D eigenvalue weighted by Crippen LogP contribution is -2.44. The van der Waals surface area contributed by atoms with Crippen molar-refractivity contribution in [2.45, 2.75) is 12.8 Å². The number of H-pyrrole nitrogens is 1. The lowest BCUT2D eigenvalue weighted by atomic mass is 9.97. The number of primary amides is 1. The highest BCUT2D eigenvalue weighted by molar-refractivity contribution is 5.95. The Balaban J connectivity index is 0.000000819. The highest BCUT2D eigenvalue weighted by atomic mass is 16.3. The maximum Gasteiger partial charge on any atom is 0.290 e. The van der Waals surface area contributed by atoms with Crippen LogP contribution >= 0.6 is 0 Å². The molecule has 178 valence electrons. The standard InChI is InChI=1S/C19H23N5O3.2CH2O2/c20-18(26)15-5-2-7-24(12-15)8-6-22-19(27)14-4-1-3-13(9-14)16-10-21-11-17(25)23-16;2*2-1-3/h1,3-4,9-11,15H,2,5-8,12H2,(H2,20,26)(H,22,27)(H,23,25);2*1H,(H,2,3). The van der Waals surface area contributed by atoms with Crippen molar-refractivity contribution >= 4 is 24.8 Å². The number of hydrogen-bond donors (Lipinski definition) is 5. The fourth-order valence-corrected chi connectivity index (χ4v) is 3.27. The molecule has 6 N–H and O–H groups in total. The van der Waals surface area contributed by atoms with Gasteiger partial charge in [0.2, 0.25) is 5.91 Å². The number of carbonyl (C=O) groups is 4. The third-order valence-electron chi connectivity index (χ3n) is 4.71. The maximum absolute atomic E-state index is 12.4. The molecule has 0 aliphatic carbocycles. The zero-order valence-corrected chi connectivity index (χ0v) is 17.8. The predicted octanol–water partition coefficient (Wildman–Crippen LogP) is -0.234. The molecule has 1 aromatic heterocycles. The van der Waals surface area contributed by atoms with Gasteiger partial charge in [0.05, 0.1) is 24.0 Å². The van der Waals surface area contributed by atoms with Crippen LogP contribution < -0.4 is 16.6 Å². The number of aromatic nitrogens is 2. The number of aromatic amines is 1. The van der Waals surface area contributed by atoms with Gasteiger partial charge >= 0.3 is 0 Å². The Morgan fingerprint density at radius 3 is 2.58 bits per heavy atom. The maximum atomic E-state index is 12.4. The van der Waals surface area contributed by atoms with Crippen molar-refractivity contribution in [2.75, 3.05) is 26.2 Å². The summed E-state index contributed by atoms with van der Waals surface area (Å²) in [4.78, 5) is 60.6. The molecule has 12 heteroatoms. The van der Waals surface area contributed by atoms with Crippen LogP contribution in [0.4, 0.5) is 0 Å². The van der Waals surface area contributed by atoms with E-state index in [0.717, 1.165) is 19.4 Å². The van der Waals surface area contributed by atoms with Crippen LogP contribution in [-0.4, -0.2) is 76.0 Å². The first kappa shape index (κ1) is 27.0. The van der Waals surface area contributed by atoms with Gasteiger partial charge in [0.25, 0.3) is 24.4 Å². The molecule has 2 aromatic rings. The molecule has 1 aliphatic rings. The Kier molecular flexibility index (Phi) is 12.1. The number of carboxylic acid groups (broad SMARTS) is 2. The molecule has 1 unspecified atom stereocenters. The van der Waals surface area contributed by atoms with E-state index in [1.54, 1.807) is 30.5 Å². The van der Waals surface area contributed by atoms with E-state index in [-0.39, 0.29) is 36.2 Å². The fourth-order valence-electron chi connectivity index (χ4n) is 3.27. The highest BCUT2D eigenvalue weighted by Crippen LogP contribution is 2.17.